The van der Waals surface area contributed by atoms with Crippen LogP contribution in [0, 0.1) is 11.3 Å². The highest BCUT2D eigenvalue weighted by Gasteiger charge is 2.11. The van der Waals surface area contributed by atoms with Gasteiger partial charge in [0.05, 0.1) is 0 Å². The van der Waals surface area contributed by atoms with E-state index in [1.807, 2.05) is 66.7 Å². The third kappa shape index (κ3) is 5.69. The Morgan fingerprint density at radius 3 is 2.33 bits per heavy atom. The Bertz CT molecular complexity index is 1130. The Kier molecular flexibility index (Phi) is 7.62. The van der Waals surface area contributed by atoms with Crippen molar-refractivity contribution in [3.05, 3.63) is 104 Å². The van der Waals surface area contributed by atoms with E-state index in [0.29, 0.717) is 5.69 Å². The highest BCUT2D eigenvalue weighted by Crippen LogP contribution is 2.26. The molecule has 0 spiro atoms. The molecule has 3 nitrogen and oxygen atoms in total. The second kappa shape index (κ2) is 10.4. The molecule has 0 radical (unpaired) electrons. The number of amides is 1. The Balaban J connectivity index is 1.76. The maximum absolute atomic E-state index is 12.5. The zero-order valence-electron chi connectivity index (χ0n) is 16.5. The van der Waals surface area contributed by atoms with Crippen LogP contribution in [0.3, 0.4) is 0 Å². The first-order valence-electron chi connectivity index (χ1n) is 9.54. The lowest BCUT2D eigenvalue weighted by Crippen LogP contribution is -2.13. The van der Waals surface area contributed by atoms with E-state index in [4.69, 9.17) is 0 Å². The van der Waals surface area contributed by atoms with Crippen molar-refractivity contribution in [2.75, 3.05) is 5.32 Å². The molecule has 0 aliphatic heterocycles. The number of carbonyl (C=O) groups is 1. The van der Waals surface area contributed by atoms with E-state index in [2.05, 4.69) is 50.2 Å². The Morgan fingerprint density at radius 1 is 1.00 bits per heavy atom. The number of aryl methyl sites for hydroxylation is 1. The summed E-state index contributed by atoms with van der Waals surface area (Å²) in [5, 5.41) is 12.3. The average molecular weight is 524 g/mol. The quantitative estimate of drug-likeness (QED) is 0.282. The molecule has 0 saturated carbocycles. The average Bonchev–Trinajstić information content (AvgIpc) is 2.75. The number of carbonyl (C=O) groups excluding carboxylic acids is 1. The number of nitriles is 1. The second-order valence-electron chi connectivity index (χ2n) is 6.79. The molecular weight excluding hydrogens is 504 g/mol. The first-order valence-corrected chi connectivity index (χ1v) is 11.1. The second-order valence-corrected chi connectivity index (χ2v) is 8.50. The van der Waals surface area contributed by atoms with Gasteiger partial charge in [0.25, 0.3) is 5.91 Å². The van der Waals surface area contributed by atoms with E-state index >= 15 is 0 Å². The molecular formula is C25H20Br2N2O. The van der Waals surface area contributed by atoms with Crippen molar-refractivity contribution in [2.24, 2.45) is 0 Å². The fourth-order valence-electron chi connectivity index (χ4n) is 2.98. The summed E-state index contributed by atoms with van der Waals surface area (Å²) in [6.07, 6.45) is 3.30. The molecule has 30 heavy (non-hydrogen) atoms. The number of nitrogens with one attached hydrogen (secondary N) is 1. The van der Waals surface area contributed by atoms with Crippen molar-refractivity contribution in [3.8, 4) is 6.07 Å². The van der Waals surface area contributed by atoms with Crippen LogP contribution >= 0.6 is 31.9 Å². The molecule has 0 saturated heterocycles. The summed E-state index contributed by atoms with van der Waals surface area (Å²) in [4.78, 5) is 12.5. The van der Waals surface area contributed by atoms with Crippen LogP contribution in [-0.2, 0) is 17.6 Å². The SMILES string of the molecule is CCc1ccc(NC(=O)/C(C#N)=C/c2ccc(Cc3ccccc3Br)c(Br)c2)cc1. The summed E-state index contributed by atoms with van der Waals surface area (Å²) < 4.78 is 2.00. The molecule has 5 heteroatoms. The van der Waals surface area contributed by atoms with Gasteiger partial charge in [-0.05, 0) is 65.4 Å². The first-order chi connectivity index (χ1) is 14.5. The summed E-state index contributed by atoms with van der Waals surface area (Å²) in [7, 11) is 0. The smallest absolute Gasteiger partial charge is 0.266 e. The van der Waals surface area contributed by atoms with Crippen LogP contribution in [0.25, 0.3) is 6.08 Å². The molecule has 3 aromatic carbocycles. The minimum atomic E-state index is -0.421. The van der Waals surface area contributed by atoms with Crippen LogP contribution in [0.5, 0.6) is 0 Å². The van der Waals surface area contributed by atoms with Gasteiger partial charge < -0.3 is 5.32 Å². The van der Waals surface area contributed by atoms with E-state index in [0.717, 1.165) is 32.9 Å². The molecule has 0 aliphatic carbocycles. The van der Waals surface area contributed by atoms with Gasteiger partial charge in [0.1, 0.15) is 11.6 Å². The van der Waals surface area contributed by atoms with E-state index in [1.54, 1.807) is 6.08 Å². The normalized spacial score (nSPS) is 11.1. The molecule has 0 aliphatic rings. The largest absolute Gasteiger partial charge is 0.321 e. The number of nitrogens with zero attached hydrogens (tertiary/aromatic N) is 1. The van der Waals surface area contributed by atoms with Crippen molar-refractivity contribution in [3.63, 3.8) is 0 Å². The molecule has 0 heterocycles. The van der Waals surface area contributed by atoms with Crippen molar-refractivity contribution >= 4 is 49.5 Å². The predicted octanol–water partition coefficient (Wildman–Crippen LogP) is 6.91. The standard InChI is InChI=1S/C25H20Br2N2O/c1-2-17-8-11-22(12-9-17)29-25(30)21(16-28)13-18-7-10-20(24(27)14-18)15-19-5-3-4-6-23(19)26/h3-14H,2,15H2,1H3,(H,29,30)/b21-13+. The molecule has 0 aromatic heterocycles. The maximum atomic E-state index is 12.5. The van der Waals surface area contributed by atoms with Gasteiger partial charge in [0.2, 0.25) is 0 Å². The van der Waals surface area contributed by atoms with Crippen molar-refractivity contribution in [2.45, 2.75) is 19.8 Å². The van der Waals surface area contributed by atoms with Crippen LogP contribution in [0.4, 0.5) is 5.69 Å². The fourth-order valence-corrected chi connectivity index (χ4v) is 3.94. The van der Waals surface area contributed by atoms with E-state index in [9.17, 15) is 10.1 Å². The number of hydrogen-bond donors (Lipinski definition) is 1. The molecule has 0 unspecified atom stereocenters. The highest BCUT2D eigenvalue weighted by molar-refractivity contribution is 9.10. The number of benzene rings is 3. The van der Waals surface area contributed by atoms with Gasteiger partial charge in [-0.1, -0.05) is 81.2 Å². The van der Waals surface area contributed by atoms with Crippen LogP contribution in [0.2, 0.25) is 0 Å². The van der Waals surface area contributed by atoms with Crippen LogP contribution in [0.1, 0.15) is 29.2 Å². The summed E-state index contributed by atoms with van der Waals surface area (Å²) >= 11 is 7.20. The predicted molar refractivity (Wildman–Crippen MR) is 129 cm³/mol. The van der Waals surface area contributed by atoms with Crippen molar-refractivity contribution < 1.29 is 4.79 Å². The molecule has 150 valence electrons. The molecule has 3 rings (SSSR count). The zero-order valence-corrected chi connectivity index (χ0v) is 19.6. The molecule has 0 atom stereocenters. The number of hydrogen-bond acceptors (Lipinski definition) is 2. The Hall–Kier alpha value is -2.68. The van der Waals surface area contributed by atoms with Crippen LogP contribution in [-0.4, -0.2) is 5.91 Å². The van der Waals surface area contributed by atoms with E-state index < -0.39 is 5.91 Å². The lowest BCUT2D eigenvalue weighted by Gasteiger charge is -2.08. The minimum absolute atomic E-state index is 0.0556. The highest BCUT2D eigenvalue weighted by atomic mass is 79.9. The number of anilines is 1. The van der Waals surface area contributed by atoms with Crippen LogP contribution in [0.15, 0.2) is 81.2 Å². The van der Waals surface area contributed by atoms with E-state index in [1.165, 1.54) is 11.1 Å². The van der Waals surface area contributed by atoms with Gasteiger partial charge in [-0.25, -0.2) is 0 Å². The van der Waals surface area contributed by atoms with Gasteiger partial charge in [0.15, 0.2) is 0 Å². The van der Waals surface area contributed by atoms with Crippen LogP contribution < -0.4 is 5.32 Å². The van der Waals surface area contributed by atoms with Gasteiger partial charge in [-0.3, -0.25) is 4.79 Å². The van der Waals surface area contributed by atoms with E-state index in [-0.39, 0.29) is 5.57 Å². The van der Waals surface area contributed by atoms with Crippen molar-refractivity contribution in [1.29, 1.82) is 5.26 Å². The lowest BCUT2D eigenvalue weighted by molar-refractivity contribution is -0.112. The van der Waals surface area contributed by atoms with Gasteiger partial charge in [0, 0.05) is 14.6 Å². The fraction of sp³-hybridized carbons (Fsp3) is 0.120. The van der Waals surface area contributed by atoms with Crippen molar-refractivity contribution in [1.82, 2.24) is 0 Å². The molecule has 0 bridgehead atoms. The molecule has 3 aromatic rings. The zero-order chi connectivity index (χ0) is 21.5. The summed E-state index contributed by atoms with van der Waals surface area (Å²) in [6, 6.07) is 23.6. The monoisotopic (exact) mass is 522 g/mol. The molecule has 0 fully saturated rings. The van der Waals surface area contributed by atoms with Gasteiger partial charge in [-0.15, -0.1) is 0 Å². The third-order valence-corrected chi connectivity index (χ3v) is 6.22. The summed E-state index contributed by atoms with van der Waals surface area (Å²) in [5.74, 6) is -0.421. The molecule has 1 N–H and O–H groups in total. The summed E-state index contributed by atoms with van der Waals surface area (Å²) in [5.41, 5.74) is 5.01. The third-order valence-electron chi connectivity index (χ3n) is 4.71. The topological polar surface area (TPSA) is 52.9 Å². The molecule has 1 amide bonds. The maximum Gasteiger partial charge on any atom is 0.266 e. The minimum Gasteiger partial charge on any atom is -0.321 e. The van der Waals surface area contributed by atoms with Gasteiger partial charge >= 0.3 is 0 Å². The Morgan fingerprint density at radius 2 is 1.70 bits per heavy atom. The summed E-state index contributed by atoms with van der Waals surface area (Å²) in [6.45, 7) is 2.08. The first kappa shape index (κ1) is 22.0. The van der Waals surface area contributed by atoms with Gasteiger partial charge in [-0.2, -0.15) is 5.26 Å². The number of halogens is 2. The lowest BCUT2D eigenvalue weighted by atomic mass is 10.0. The Labute approximate surface area is 193 Å². The number of rotatable bonds is 6.